The van der Waals surface area contributed by atoms with Crippen molar-refractivity contribution in [2.75, 3.05) is 6.54 Å². The molecule has 3 aromatic rings. The van der Waals surface area contributed by atoms with Crippen molar-refractivity contribution >= 4 is 16.8 Å². The van der Waals surface area contributed by atoms with Crippen LogP contribution in [0.25, 0.3) is 10.9 Å². The highest BCUT2D eigenvalue weighted by Crippen LogP contribution is 2.29. The summed E-state index contributed by atoms with van der Waals surface area (Å²) in [6.45, 7) is -0.627. The van der Waals surface area contributed by atoms with Crippen LogP contribution in [-0.4, -0.2) is 45.6 Å². The van der Waals surface area contributed by atoms with Crippen LogP contribution in [0.1, 0.15) is 41.7 Å². The first-order valence-electron chi connectivity index (χ1n) is 10.5. The lowest BCUT2D eigenvalue weighted by Gasteiger charge is -2.38. The molecule has 0 spiro atoms. The Balaban J connectivity index is 1.50. The quantitative estimate of drug-likeness (QED) is 0.598. The van der Waals surface area contributed by atoms with Crippen molar-refractivity contribution in [3.8, 4) is 0 Å². The first-order valence-corrected chi connectivity index (χ1v) is 10.5. The van der Waals surface area contributed by atoms with Crippen LogP contribution in [0.2, 0.25) is 0 Å². The zero-order valence-corrected chi connectivity index (χ0v) is 17.0. The molecule has 1 aromatic carbocycles. The Labute approximate surface area is 178 Å². The average molecular weight is 430 g/mol. The van der Waals surface area contributed by atoms with Crippen LogP contribution in [-0.2, 0) is 6.54 Å². The molecule has 8 heteroatoms. The van der Waals surface area contributed by atoms with E-state index < -0.39 is 24.7 Å². The Kier molecular flexibility index (Phi) is 6.27. The number of nitrogens with one attached hydrogen (secondary N) is 2. The summed E-state index contributed by atoms with van der Waals surface area (Å²) >= 11 is 0. The molecular weight excluding hydrogens is 405 g/mol. The van der Waals surface area contributed by atoms with E-state index in [1.807, 2.05) is 30.3 Å². The zero-order valence-electron chi connectivity index (χ0n) is 17.0. The number of carbonyl (C=O) groups excluding carboxylic acids is 1. The number of hydrogen-bond acceptors (Lipinski definition) is 3. The van der Waals surface area contributed by atoms with Gasteiger partial charge in [-0.05, 0) is 55.5 Å². The number of benzene rings is 1. The van der Waals surface area contributed by atoms with Gasteiger partial charge in [-0.3, -0.25) is 9.78 Å². The monoisotopic (exact) mass is 430 g/mol. The van der Waals surface area contributed by atoms with Crippen molar-refractivity contribution in [3.63, 3.8) is 0 Å². The number of pyridine rings is 1. The van der Waals surface area contributed by atoms with Crippen LogP contribution in [0, 0.1) is 0 Å². The Morgan fingerprint density at radius 3 is 2.68 bits per heavy atom. The number of para-hydroxylation sites is 1. The van der Waals surface area contributed by atoms with E-state index in [0.717, 1.165) is 34.2 Å². The second kappa shape index (κ2) is 9.09. The SMILES string of the molecule is O=C(c1cc2ccccc2[nH]1)N(CC(F)(F)F)C1CCC[C@H](NCc2ccncc2)C1. The Morgan fingerprint density at radius 1 is 1.16 bits per heavy atom. The molecule has 2 aromatic heterocycles. The van der Waals surface area contributed by atoms with Crippen molar-refractivity contribution in [2.45, 2.75) is 50.5 Å². The van der Waals surface area contributed by atoms with E-state index in [0.29, 0.717) is 19.4 Å². The van der Waals surface area contributed by atoms with Crippen molar-refractivity contribution in [2.24, 2.45) is 0 Å². The normalized spacial score (nSPS) is 19.5. The van der Waals surface area contributed by atoms with Crippen LogP contribution >= 0.6 is 0 Å². The third-order valence-corrected chi connectivity index (χ3v) is 5.80. The van der Waals surface area contributed by atoms with Gasteiger partial charge in [0, 0.05) is 41.9 Å². The van der Waals surface area contributed by atoms with Crippen LogP contribution in [0.15, 0.2) is 54.9 Å². The smallest absolute Gasteiger partial charge is 0.351 e. The van der Waals surface area contributed by atoms with Crippen molar-refractivity contribution in [1.82, 2.24) is 20.2 Å². The van der Waals surface area contributed by atoms with E-state index in [2.05, 4.69) is 15.3 Å². The van der Waals surface area contributed by atoms with Gasteiger partial charge >= 0.3 is 6.18 Å². The molecule has 1 fully saturated rings. The highest BCUT2D eigenvalue weighted by Gasteiger charge is 2.39. The predicted octanol–water partition coefficient (Wildman–Crippen LogP) is 4.67. The van der Waals surface area contributed by atoms with Crippen LogP contribution in [0.5, 0.6) is 0 Å². The van der Waals surface area contributed by atoms with Gasteiger partial charge in [-0.2, -0.15) is 13.2 Å². The van der Waals surface area contributed by atoms with Gasteiger partial charge in [0.15, 0.2) is 0 Å². The number of carbonyl (C=O) groups is 1. The standard InChI is InChI=1S/C23H25F3N4O/c24-23(25,26)15-30(22(31)21-12-17-4-1-2-7-20(17)29-21)19-6-3-5-18(13-19)28-14-16-8-10-27-11-9-16/h1-2,4,7-12,18-19,28-29H,3,5-6,13-15H2/t18-,19?/m0/s1. The summed E-state index contributed by atoms with van der Waals surface area (Å²) in [6.07, 6.45) is 1.67. The lowest BCUT2D eigenvalue weighted by molar-refractivity contribution is -0.146. The maximum absolute atomic E-state index is 13.4. The molecule has 1 aliphatic rings. The van der Waals surface area contributed by atoms with Gasteiger partial charge in [0.1, 0.15) is 12.2 Å². The third kappa shape index (κ3) is 5.44. The minimum absolute atomic E-state index is 0.0539. The molecule has 1 amide bonds. The van der Waals surface area contributed by atoms with Gasteiger partial charge in [-0.25, -0.2) is 0 Å². The van der Waals surface area contributed by atoms with Gasteiger partial charge < -0.3 is 15.2 Å². The molecule has 0 saturated heterocycles. The number of aromatic amines is 1. The molecule has 4 rings (SSSR count). The largest absolute Gasteiger partial charge is 0.406 e. The minimum Gasteiger partial charge on any atom is -0.351 e. The van der Waals surface area contributed by atoms with Gasteiger partial charge in [0.2, 0.25) is 0 Å². The number of rotatable bonds is 6. The summed E-state index contributed by atoms with van der Waals surface area (Å²) in [7, 11) is 0. The summed E-state index contributed by atoms with van der Waals surface area (Å²) in [5.74, 6) is -0.603. The summed E-state index contributed by atoms with van der Waals surface area (Å²) < 4.78 is 40.1. The van der Waals surface area contributed by atoms with E-state index in [4.69, 9.17) is 0 Å². The average Bonchev–Trinajstić information content (AvgIpc) is 3.20. The van der Waals surface area contributed by atoms with Gasteiger partial charge in [0.25, 0.3) is 5.91 Å². The number of fused-ring (bicyclic) bond motifs is 1. The Morgan fingerprint density at radius 2 is 1.94 bits per heavy atom. The second-order valence-electron chi connectivity index (χ2n) is 8.07. The molecule has 31 heavy (non-hydrogen) atoms. The topological polar surface area (TPSA) is 61.0 Å². The van der Waals surface area contributed by atoms with E-state index in [-0.39, 0.29) is 11.7 Å². The fraction of sp³-hybridized carbons (Fsp3) is 0.391. The molecule has 5 nitrogen and oxygen atoms in total. The number of alkyl halides is 3. The molecular formula is C23H25F3N4O. The summed E-state index contributed by atoms with van der Waals surface area (Å²) in [4.78, 5) is 21.1. The molecule has 1 aliphatic carbocycles. The van der Waals surface area contributed by atoms with Crippen molar-refractivity contribution < 1.29 is 18.0 Å². The second-order valence-corrected chi connectivity index (χ2v) is 8.07. The van der Waals surface area contributed by atoms with Crippen molar-refractivity contribution in [1.29, 1.82) is 0 Å². The molecule has 1 unspecified atom stereocenters. The fourth-order valence-electron chi connectivity index (χ4n) is 4.30. The zero-order chi connectivity index (χ0) is 21.8. The van der Waals surface area contributed by atoms with E-state index >= 15 is 0 Å². The highest BCUT2D eigenvalue weighted by molar-refractivity contribution is 5.98. The van der Waals surface area contributed by atoms with Crippen molar-refractivity contribution in [3.05, 3.63) is 66.1 Å². The third-order valence-electron chi connectivity index (χ3n) is 5.80. The summed E-state index contributed by atoms with van der Waals surface area (Å²) in [6, 6.07) is 12.3. The molecule has 2 heterocycles. The number of amides is 1. The fourth-order valence-corrected chi connectivity index (χ4v) is 4.30. The van der Waals surface area contributed by atoms with Gasteiger partial charge in [0.05, 0.1) is 0 Å². The predicted molar refractivity (Wildman–Crippen MR) is 113 cm³/mol. The Bertz CT molecular complexity index is 985. The summed E-state index contributed by atoms with van der Waals surface area (Å²) in [5, 5.41) is 4.23. The summed E-state index contributed by atoms with van der Waals surface area (Å²) in [5.41, 5.74) is 1.99. The van der Waals surface area contributed by atoms with Crippen LogP contribution < -0.4 is 5.32 Å². The number of hydrogen-bond donors (Lipinski definition) is 2. The Hall–Kier alpha value is -2.87. The van der Waals surface area contributed by atoms with Crippen LogP contribution in [0.4, 0.5) is 13.2 Å². The number of aromatic nitrogens is 2. The van der Waals surface area contributed by atoms with E-state index in [9.17, 15) is 18.0 Å². The first-order chi connectivity index (χ1) is 14.9. The number of halogens is 3. The molecule has 164 valence electrons. The maximum Gasteiger partial charge on any atom is 0.406 e. The minimum atomic E-state index is -4.46. The molecule has 2 atom stereocenters. The number of H-pyrrole nitrogens is 1. The molecule has 0 aliphatic heterocycles. The highest BCUT2D eigenvalue weighted by atomic mass is 19.4. The van der Waals surface area contributed by atoms with Crippen LogP contribution in [0.3, 0.4) is 0 Å². The maximum atomic E-state index is 13.4. The number of nitrogens with zero attached hydrogens (tertiary/aromatic N) is 2. The van der Waals surface area contributed by atoms with Gasteiger partial charge in [-0.1, -0.05) is 18.2 Å². The molecule has 0 radical (unpaired) electrons. The molecule has 1 saturated carbocycles. The first kappa shape index (κ1) is 21.4. The molecule has 0 bridgehead atoms. The van der Waals surface area contributed by atoms with Gasteiger partial charge in [-0.15, -0.1) is 0 Å². The molecule has 2 N–H and O–H groups in total. The van der Waals surface area contributed by atoms with E-state index in [1.54, 1.807) is 24.5 Å². The lowest BCUT2D eigenvalue weighted by Crippen LogP contribution is -2.50. The van der Waals surface area contributed by atoms with E-state index in [1.165, 1.54) is 0 Å². The lowest BCUT2D eigenvalue weighted by atomic mass is 9.89.